The fourth-order valence-corrected chi connectivity index (χ4v) is 2.78. The second-order valence-electron chi connectivity index (χ2n) is 5.27. The highest BCUT2D eigenvalue weighted by Crippen LogP contribution is 2.31. The molecule has 1 saturated carbocycles. The van der Waals surface area contributed by atoms with Gasteiger partial charge < -0.3 is 14.6 Å². The molecular weight excluding hydrogens is 254 g/mol. The highest BCUT2D eigenvalue weighted by Gasteiger charge is 2.19. The van der Waals surface area contributed by atoms with E-state index in [0.717, 1.165) is 30.7 Å². The minimum absolute atomic E-state index is 0.552. The third-order valence-electron chi connectivity index (χ3n) is 3.84. The van der Waals surface area contributed by atoms with Crippen LogP contribution in [-0.4, -0.2) is 39.8 Å². The van der Waals surface area contributed by atoms with Gasteiger partial charge in [0, 0.05) is 26.3 Å². The largest absolute Gasteiger partial charge is 0.385 e. The summed E-state index contributed by atoms with van der Waals surface area (Å²) in [6.45, 7) is 1.56. The van der Waals surface area contributed by atoms with E-state index in [-0.39, 0.29) is 0 Å². The second-order valence-corrected chi connectivity index (χ2v) is 5.27. The van der Waals surface area contributed by atoms with E-state index in [2.05, 4.69) is 24.8 Å². The molecular formula is C14H21N5O. The van der Waals surface area contributed by atoms with Crippen LogP contribution >= 0.6 is 0 Å². The summed E-state index contributed by atoms with van der Waals surface area (Å²) in [6.07, 6.45) is 9.71. The SMILES string of the molecule is COCCCNc1ncc2ncn(C3CCCC3)c2n1. The molecule has 0 spiro atoms. The Morgan fingerprint density at radius 2 is 2.20 bits per heavy atom. The Labute approximate surface area is 118 Å². The van der Waals surface area contributed by atoms with E-state index in [0.29, 0.717) is 12.0 Å². The molecule has 0 aliphatic heterocycles. The van der Waals surface area contributed by atoms with Crippen LogP contribution < -0.4 is 5.32 Å². The lowest BCUT2D eigenvalue weighted by molar-refractivity contribution is 0.197. The van der Waals surface area contributed by atoms with E-state index in [9.17, 15) is 0 Å². The lowest BCUT2D eigenvalue weighted by Crippen LogP contribution is -2.09. The molecule has 20 heavy (non-hydrogen) atoms. The number of rotatable bonds is 6. The van der Waals surface area contributed by atoms with Crippen molar-refractivity contribution < 1.29 is 4.74 Å². The number of ether oxygens (including phenoxy) is 1. The van der Waals surface area contributed by atoms with E-state index in [1.165, 1.54) is 25.7 Å². The molecule has 0 amide bonds. The maximum Gasteiger partial charge on any atom is 0.224 e. The van der Waals surface area contributed by atoms with E-state index in [1.54, 1.807) is 13.3 Å². The Kier molecular flexibility index (Phi) is 4.11. The number of hydrogen-bond acceptors (Lipinski definition) is 5. The Balaban J connectivity index is 1.76. The molecule has 0 atom stereocenters. The van der Waals surface area contributed by atoms with E-state index >= 15 is 0 Å². The van der Waals surface area contributed by atoms with Gasteiger partial charge in [0.2, 0.25) is 5.95 Å². The number of nitrogens with zero attached hydrogens (tertiary/aromatic N) is 4. The lowest BCUT2D eigenvalue weighted by atomic mass is 10.2. The molecule has 6 nitrogen and oxygen atoms in total. The summed E-state index contributed by atoms with van der Waals surface area (Å²) in [7, 11) is 1.71. The quantitative estimate of drug-likeness (QED) is 0.820. The van der Waals surface area contributed by atoms with Crippen LogP contribution in [-0.2, 0) is 4.74 Å². The Morgan fingerprint density at radius 1 is 1.35 bits per heavy atom. The van der Waals surface area contributed by atoms with Gasteiger partial charge in [0.15, 0.2) is 5.65 Å². The molecule has 2 aromatic heterocycles. The van der Waals surface area contributed by atoms with Crippen molar-refractivity contribution in [3.05, 3.63) is 12.5 Å². The van der Waals surface area contributed by atoms with Gasteiger partial charge in [-0.15, -0.1) is 0 Å². The van der Waals surface area contributed by atoms with Crippen molar-refractivity contribution in [1.82, 2.24) is 19.5 Å². The molecule has 1 fully saturated rings. The zero-order valence-electron chi connectivity index (χ0n) is 11.9. The molecule has 1 aliphatic rings. The number of nitrogens with one attached hydrogen (secondary N) is 1. The van der Waals surface area contributed by atoms with E-state index < -0.39 is 0 Å². The van der Waals surface area contributed by atoms with Gasteiger partial charge in [0.1, 0.15) is 5.52 Å². The summed E-state index contributed by atoms with van der Waals surface area (Å²) in [6, 6.07) is 0.552. The predicted molar refractivity (Wildman–Crippen MR) is 77.8 cm³/mol. The van der Waals surface area contributed by atoms with Crippen LogP contribution in [0.15, 0.2) is 12.5 Å². The van der Waals surface area contributed by atoms with Crippen LogP contribution in [0.25, 0.3) is 11.2 Å². The van der Waals surface area contributed by atoms with E-state index in [1.807, 2.05) is 6.33 Å². The summed E-state index contributed by atoms with van der Waals surface area (Å²) in [4.78, 5) is 13.3. The summed E-state index contributed by atoms with van der Waals surface area (Å²) < 4.78 is 7.24. The van der Waals surface area contributed by atoms with Gasteiger partial charge in [-0.3, -0.25) is 0 Å². The minimum atomic E-state index is 0.552. The van der Waals surface area contributed by atoms with Gasteiger partial charge >= 0.3 is 0 Å². The molecule has 1 aliphatic carbocycles. The van der Waals surface area contributed by atoms with Crippen molar-refractivity contribution in [3.8, 4) is 0 Å². The second kappa shape index (κ2) is 6.17. The van der Waals surface area contributed by atoms with Crippen LogP contribution in [0.4, 0.5) is 5.95 Å². The zero-order chi connectivity index (χ0) is 13.8. The van der Waals surface area contributed by atoms with Crippen molar-refractivity contribution in [2.75, 3.05) is 25.6 Å². The van der Waals surface area contributed by atoms with Crippen molar-refractivity contribution in [2.45, 2.75) is 38.1 Å². The molecule has 2 aromatic rings. The maximum absolute atomic E-state index is 5.03. The van der Waals surface area contributed by atoms with Crippen LogP contribution in [0.1, 0.15) is 38.1 Å². The summed E-state index contributed by atoms with van der Waals surface area (Å²) >= 11 is 0. The number of methoxy groups -OCH3 is 1. The van der Waals surface area contributed by atoms with E-state index in [4.69, 9.17) is 4.74 Å². The van der Waals surface area contributed by atoms with Gasteiger partial charge in [-0.1, -0.05) is 12.8 Å². The molecule has 0 aromatic carbocycles. The maximum atomic E-state index is 5.03. The van der Waals surface area contributed by atoms with Gasteiger partial charge in [-0.2, -0.15) is 4.98 Å². The Morgan fingerprint density at radius 3 is 3.00 bits per heavy atom. The average Bonchev–Trinajstić information content (AvgIpc) is 3.11. The first-order valence-corrected chi connectivity index (χ1v) is 7.31. The van der Waals surface area contributed by atoms with Crippen LogP contribution in [0, 0.1) is 0 Å². The van der Waals surface area contributed by atoms with Gasteiger partial charge in [-0.05, 0) is 19.3 Å². The van der Waals surface area contributed by atoms with Gasteiger partial charge in [-0.25, -0.2) is 9.97 Å². The number of aromatic nitrogens is 4. The minimum Gasteiger partial charge on any atom is -0.385 e. The van der Waals surface area contributed by atoms with Crippen molar-refractivity contribution in [3.63, 3.8) is 0 Å². The molecule has 0 saturated heterocycles. The number of fused-ring (bicyclic) bond motifs is 1. The van der Waals surface area contributed by atoms with Crippen LogP contribution in [0.3, 0.4) is 0 Å². The number of imidazole rings is 1. The molecule has 0 unspecified atom stereocenters. The monoisotopic (exact) mass is 275 g/mol. The van der Waals surface area contributed by atoms with Gasteiger partial charge in [0.05, 0.1) is 12.5 Å². The van der Waals surface area contributed by atoms with Gasteiger partial charge in [0.25, 0.3) is 0 Å². The van der Waals surface area contributed by atoms with Crippen molar-refractivity contribution >= 4 is 17.1 Å². The first-order chi connectivity index (χ1) is 9.88. The summed E-state index contributed by atoms with van der Waals surface area (Å²) in [5.41, 5.74) is 1.82. The average molecular weight is 275 g/mol. The highest BCUT2D eigenvalue weighted by molar-refractivity contribution is 5.71. The van der Waals surface area contributed by atoms with Crippen LogP contribution in [0.2, 0.25) is 0 Å². The molecule has 3 rings (SSSR count). The number of anilines is 1. The van der Waals surface area contributed by atoms with Crippen molar-refractivity contribution in [1.29, 1.82) is 0 Å². The third-order valence-corrected chi connectivity index (χ3v) is 3.84. The predicted octanol–water partition coefficient (Wildman–Crippen LogP) is 2.39. The summed E-state index contributed by atoms with van der Waals surface area (Å²) in [5, 5.41) is 3.24. The Bertz CT molecular complexity index is 562. The standard InChI is InChI=1S/C14H21N5O/c1-20-8-4-7-15-14-16-9-12-13(18-14)19(10-17-12)11-5-2-3-6-11/h9-11H,2-8H2,1H3,(H,15,16,18). The molecule has 1 N–H and O–H groups in total. The highest BCUT2D eigenvalue weighted by atomic mass is 16.5. The molecule has 108 valence electrons. The smallest absolute Gasteiger partial charge is 0.224 e. The third kappa shape index (κ3) is 2.75. The molecule has 2 heterocycles. The van der Waals surface area contributed by atoms with Crippen LogP contribution in [0.5, 0.6) is 0 Å². The molecule has 6 heteroatoms. The fourth-order valence-electron chi connectivity index (χ4n) is 2.78. The van der Waals surface area contributed by atoms with Crippen molar-refractivity contribution in [2.24, 2.45) is 0 Å². The summed E-state index contributed by atoms with van der Waals surface area (Å²) in [5.74, 6) is 0.674. The zero-order valence-corrected chi connectivity index (χ0v) is 11.9. The molecule has 0 bridgehead atoms. The Hall–Kier alpha value is -1.69. The fraction of sp³-hybridized carbons (Fsp3) is 0.643. The first-order valence-electron chi connectivity index (χ1n) is 7.31. The topological polar surface area (TPSA) is 64.9 Å². The first kappa shape index (κ1) is 13.3. The lowest BCUT2D eigenvalue weighted by Gasteiger charge is -2.11. The molecule has 0 radical (unpaired) electrons. The number of hydrogen-bond donors (Lipinski definition) is 1. The normalized spacial score (nSPS) is 16.1.